The van der Waals surface area contributed by atoms with Crippen LogP contribution in [-0.4, -0.2) is 31.1 Å². The van der Waals surface area contributed by atoms with Gasteiger partial charge in [0.2, 0.25) is 0 Å². The smallest absolute Gasteiger partial charge is 0.314 e. The Morgan fingerprint density at radius 3 is 1.97 bits per heavy atom. The van der Waals surface area contributed by atoms with Gasteiger partial charge in [0.05, 0.1) is 11.1 Å². The molecule has 168 valence electrons. The van der Waals surface area contributed by atoms with Crippen LogP contribution in [0.4, 0.5) is 26.3 Å². The van der Waals surface area contributed by atoms with E-state index >= 15 is 0 Å². The van der Waals surface area contributed by atoms with E-state index in [4.69, 9.17) is 0 Å². The Bertz CT molecular complexity index is 621. The Morgan fingerprint density at radius 2 is 1.45 bits per heavy atom. The predicted octanol–water partition coefficient (Wildman–Crippen LogP) is 6.09. The normalized spacial score (nSPS) is 20.5. The molecule has 0 aromatic heterocycles. The fourth-order valence-corrected chi connectivity index (χ4v) is 4.40. The van der Waals surface area contributed by atoms with E-state index in [0.29, 0.717) is 38.3 Å². The van der Waals surface area contributed by atoms with Gasteiger partial charge in [0.1, 0.15) is 0 Å². The summed E-state index contributed by atoms with van der Waals surface area (Å²) in [6.07, 6.45) is -5.00. The average molecular weight is 467 g/mol. The van der Waals surface area contributed by atoms with Crippen LogP contribution in [0.1, 0.15) is 54.8 Å². The standard InChI is InChI=1S/C19H24F6N2.2ClH/c20-18(21,22)14-6-7-16(19(23,24)25)15(12-14)17(13-4-2-1-3-5-13)27-10-8-26-9-11-27;;/h6-7,12-13,17,26H,1-5,8-11H2;2*1H/t17-;;/m1../s1. The van der Waals surface area contributed by atoms with Crippen molar-refractivity contribution in [1.29, 1.82) is 0 Å². The number of hydrogen-bond acceptors (Lipinski definition) is 2. The molecule has 0 spiro atoms. The van der Waals surface area contributed by atoms with Crippen molar-refractivity contribution in [2.75, 3.05) is 26.2 Å². The summed E-state index contributed by atoms with van der Waals surface area (Å²) in [6.45, 7) is 2.33. The van der Waals surface area contributed by atoms with E-state index in [2.05, 4.69) is 5.32 Å². The molecule has 1 aromatic carbocycles. The zero-order valence-corrected chi connectivity index (χ0v) is 17.4. The van der Waals surface area contributed by atoms with Crippen LogP contribution in [-0.2, 0) is 12.4 Å². The maximum absolute atomic E-state index is 13.7. The monoisotopic (exact) mass is 466 g/mol. The van der Waals surface area contributed by atoms with Gasteiger partial charge in [-0.2, -0.15) is 26.3 Å². The first-order chi connectivity index (χ1) is 12.7. The number of nitrogens with one attached hydrogen (secondary N) is 1. The minimum Gasteiger partial charge on any atom is -0.314 e. The third-order valence-electron chi connectivity index (χ3n) is 5.64. The lowest BCUT2D eigenvalue weighted by Crippen LogP contribution is -2.47. The van der Waals surface area contributed by atoms with Gasteiger partial charge in [0.25, 0.3) is 0 Å². The average Bonchev–Trinajstić information content (AvgIpc) is 2.62. The first-order valence-corrected chi connectivity index (χ1v) is 9.41. The van der Waals surface area contributed by atoms with Gasteiger partial charge in [-0.15, -0.1) is 24.8 Å². The van der Waals surface area contributed by atoms with Crippen molar-refractivity contribution in [1.82, 2.24) is 10.2 Å². The summed E-state index contributed by atoms with van der Waals surface area (Å²) in [5.41, 5.74) is -2.17. The van der Waals surface area contributed by atoms with Crippen molar-refractivity contribution in [2.45, 2.75) is 50.5 Å². The Labute approximate surface area is 179 Å². The Kier molecular flexibility index (Phi) is 9.58. The van der Waals surface area contributed by atoms with Crippen molar-refractivity contribution >= 4 is 24.8 Å². The van der Waals surface area contributed by atoms with Gasteiger partial charge in [0.15, 0.2) is 0 Å². The van der Waals surface area contributed by atoms with Crippen LogP contribution in [0.3, 0.4) is 0 Å². The molecule has 1 saturated heterocycles. The highest BCUT2D eigenvalue weighted by Crippen LogP contribution is 2.45. The quantitative estimate of drug-likeness (QED) is 0.541. The Morgan fingerprint density at radius 1 is 0.862 bits per heavy atom. The summed E-state index contributed by atoms with van der Waals surface area (Å²) in [5.74, 6) is -0.0542. The number of halogens is 8. The molecule has 1 atom stereocenters. The number of alkyl halides is 6. The van der Waals surface area contributed by atoms with E-state index < -0.39 is 29.5 Å². The van der Waals surface area contributed by atoms with Crippen LogP contribution in [0.25, 0.3) is 0 Å². The van der Waals surface area contributed by atoms with Gasteiger partial charge in [-0.25, -0.2) is 0 Å². The second kappa shape index (κ2) is 10.6. The number of nitrogens with zero attached hydrogens (tertiary/aromatic N) is 1. The van der Waals surface area contributed by atoms with E-state index in [-0.39, 0.29) is 36.3 Å². The lowest BCUT2D eigenvalue weighted by Gasteiger charge is -2.42. The van der Waals surface area contributed by atoms with E-state index in [9.17, 15) is 26.3 Å². The number of benzene rings is 1. The Balaban J connectivity index is 0.00000210. The molecule has 1 aromatic rings. The Hall–Kier alpha value is -0.700. The van der Waals surface area contributed by atoms with Crippen LogP contribution in [0.2, 0.25) is 0 Å². The lowest BCUT2D eigenvalue weighted by atomic mass is 9.78. The first-order valence-electron chi connectivity index (χ1n) is 9.41. The third kappa shape index (κ3) is 6.39. The minimum absolute atomic E-state index is 0. The number of piperazine rings is 1. The van der Waals surface area contributed by atoms with E-state index in [1.54, 1.807) is 0 Å². The van der Waals surface area contributed by atoms with Gasteiger partial charge in [-0.1, -0.05) is 19.3 Å². The molecule has 2 nitrogen and oxygen atoms in total. The molecule has 0 unspecified atom stereocenters. The highest BCUT2D eigenvalue weighted by atomic mass is 35.5. The second-order valence-electron chi connectivity index (χ2n) is 7.43. The zero-order valence-electron chi connectivity index (χ0n) is 15.8. The van der Waals surface area contributed by atoms with Crippen LogP contribution in [0.15, 0.2) is 18.2 Å². The lowest BCUT2D eigenvalue weighted by molar-refractivity contribution is -0.142. The third-order valence-corrected chi connectivity index (χ3v) is 5.64. The summed E-state index contributed by atoms with van der Waals surface area (Å²) in [6, 6.07) is 1.26. The first kappa shape index (κ1) is 26.3. The zero-order chi connectivity index (χ0) is 19.7. The minimum atomic E-state index is -4.68. The highest BCUT2D eigenvalue weighted by molar-refractivity contribution is 5.85. The molecular weight excluding hydrogens is 441 g/mol. The summed E-state index contributed by atoms with van der Waals surface area (Å²) in [7, 11) is 0. The fourth-order valence-electron chi connectivity index (χ4n) is 4.40. The predicted molar refractivity (Wildman–Crippen MR) is 105 cm³/mol. The van der Waals surface area contributed by atoms with Gasteiger partial charge < -0.3 is 5.32 Å². The maximum Gasteiger partial charge on any atom is 0.416 e. The molecule has 3 rings (SSSR count). The van der Waals surface area contributed by atoms with E-state index in [1.165, 1.54) is 0 Å². The molecule has 1 heterocycles. The molecule has 1 aliphatic heterocycles. The molecule has 2 fully saturated rings. The van der Waals surface area contributed by atoms with Crippen LogP contribution < -0.4 is 5.32 Å². The van der Waals surface area contributed by atoms with Gasteiger partial charge in [-0.05, 0) is 42.5 Å². The second-order valence-corrected chi connectivity index (χ2v) is 7.43. The molecule has 1 aliphatic carbocycles. The van der Waals surface area contributed by atoms with Gasteiger partial charge in [-0.3, -0.25) is 4.90 Å². The van der Waals surface area contributed by atoms with Gasteiger partial charge in [0, 0.05) is 32.2 Å². The molecule has 10 heteroatoms. The maximum atomic E-state index is 13.7. The molecule has 2 aliphatic rings. The summed E-state index contributed by atoms with van der Waals surface area (Å²) in [5, 5.41) is 3.16. The van der Waals surface area contributed by atoms with Crippen molar-refractivity contribution in [3.05, 3.63) is 34.9 Å². The largest absolute Gasteiger partial charge is 0.416 e. The van der Waals surface area contributed by atoms with Crippen molar-refractivity contribution in [3.8, 4) is 0 Å². The molecule has 29 heavy (non-hydrogen) atoms. The molecule has 0 radical (unpaired) electrons. The summed E-state index contributed by atoms with van der Waals surface area (Å²) >= 11 is 0. The summed E-state index contributed by atoms with van der Waals surface area (Å²) in [4.78, 5) is 1.94. The number of rotatable bonds is 3. The molecule has 1 N–H and O–H groups in total. The topological polar surface area (TPSA) is 15.3 Å². The SMILES string of the molecule is Cl.Cl.FC(F)(F)c1ccc(C(F)(F)F)c([C@@H](C2CCCCC2)N2CCNCC2)c1. The molecule has 1 saturated carbocycles. The van der Waals surface area contributed by atoms with Crippen molar-refractivity contribution in [2.24, 2.45) is 5.92 Å². The van der Waals surface area contributed by atoms with Crippen molar-refractivity contribution in [3.63, 3.8) is 0 Å². The van der Waals surface area contributed by atoms with Gasteiger partial charge >= 0.3 is 12.4 Å². The molecule has 0 amide bonds. The summed E-state index contributed by atoms with van der Waals surface area (Å²) < 4.78 is 80.7. The highest BCUT2D eigenvalue weighted by Gasteiger charge is 2.41. The van der Waals surface area contributed by atoms with Crippen LogP contribution in [0.5, 0.6) is 0 Å². The van der Waals surface area contributed by atoms with Crippen LogP contribution in [0, 0.1) is 5.92 Å². The van der Waals surface area contributed by atoms with E-state index in [1.807, 2.05) is 4.90 Å². The fraction of sp³-hybridized carbons (Fsp3) is 0.684. The number of hydrogen-bond donors (Lipinski definition) is 1. The molecular formula is C19H26Cl2F6N2. The van der Waals surface area contributed by atoms with E-state index in [0.717, 1.165) is 38.2 Å². The van der Waals surface area contributed by atoms with Crippen molar-refractivity contribution < 1.29 is 26.3 Å². The molecule has 0 bridgehead atoms. The van der Waals surface area contributed by atoms with Crippen LogP contribution >= 0.6 is 24.8 Å².